The summed E-state index contributed by atoms with van der Waals surface area (Å²) in [6.45, 7) is 0. The smallest absolute Gasteiger partial charge is 0.547 e. The van der Waals surface area contributed by atoms with E-state index in [1.54, 1.807) is 0 Å². The molecule has 0 rings (SSSR count). The van der Waals surface area contributed by atoms with E-state index in [0.29, 0.717) is 0 Å². The van der Waals surface area contributed by atoms with E-state index in [-0.39, 0.29) is 57.6 Å². The molecule has 2 atom stereocenters. The van der Waals surface area contributed by atoms with Gasteiger partial charge in [-0.3, -0.25) is 0 Å². The molecule has 0 spiro atoms. The zero-order valence-electron chi connectivity index (χ0n) is 8.68. The second-order valence-electron chi connectivity index (χ2n) is 1.53. The van der Waals surface area contributed by atoms with Gasteiger partial charge < -0.3 is 58.1 Å². The molecule has 14 N–H and O–H groups in total. The molecule has 0 aromatic rings. The van der Waals surface area contributed by atoms with E-state index >= 15 is 0 Å². The molecule has 12 heteroatoms. The van der Waals surface area contributed by atoms with Gasteiger partial charge in [0, 0.05) is 0 Å². The predicted octanol–water partition coefficient (Wildman–Crippen LogP) is -10.7. The number of quaternary nitrogens is 1. The normalized spacial score (nSPS) is 9.88. The largest absolute Gasteiger partial charge is 1.00 e. The van der Waals surface area contributed by atoms with Crippen molar-refractivity contribution in [3.63, 3.8) is 0 Å². The van der Waals surface area contributed by atoms with Crippen molar-refractivity contribution in [1.29, 1.82) is 0 Å². The molecule has 11 nitrogen and oxygen atoms in total. The number of carbonyl (C=O) groups is 2. The fourth-order valence-corrected chi connectivity index (χ4v) is 0.258. The Morgan fingerprint density at radius 1 is 0.812 bits per heavy atom. The van der Waals surface area contributed by atoms with Crippen LogP contribution in [0.4, 0.5) is 0 Å². The monoisotopic (exact) mass is 261 g/mol. The summed E-state index contributed by atoms with van der Waals surface area (Å²) in [5, 5.41) is 35.7. The number of hydrogen-bond donors (Lipinski definition) is 3. The first-order chi connectivity index (χ1) is 4.46. The third-order valence-corrected chi connectivity index (χ3v) is 0.782. The van der Waals surface area contributed by atoms with Gasteiger partial charge in [-0.25, -0.2) is 0 Å². The van der Waals surface area contributed by atoms with E-state index < -0.39 is 24.1 Å². The van der Waals surface area contributed by atoms with Crippen LogP contribution >= 0.6 is 0 Å². The number of carboxylic acids is 2. The molecule has 0 radical (unpaired) electrons. The molecule has 98 valence electrons. The fourth-order valence-electron chi connectivity index (χ4n) is 0.258. The third kappa shape index (κ3) is 16.1. The van der Waals surface area contributed by atoms with E-state index in [1.807, 2.05) is 0 Å². The molecule has 0 heterocycles. The summed E-state index contributed by atoms with van der Waals surface area (Å²) in [5.74, 6) is -4.12. The van der Waals surface area contributed by atoms with Crippen molar-refractivity contribution >= 4 is 11.9 Å². The van der Waals surface area contributed by atoms with Crippen LogP contribution < -0.4 is 45.9 Å². The average molecular weight is 261 g/mol. The quantitative estimate of drug-likeness (QED) is 0.413. The van der Waals surface area contributed by atoms with Crippen molar-refractivity contribution in [2.45, 2.75) is 12.2 Å². The predicted molar refractivity (Wildman–Crippen MR) is 42.5 cm³/mol. The van der Waals surface area contributed by atoms with Crippen LogP contribution in [0.1, 0.15) is 0 Å². The van der Waals surface area contributed by atoms with Crippen molar-refractivity contribution in [2.24, 2.45) is 0 Å². The van der Waals surface area contributed by atoms with Gasteiger partial charge in [0.1, 0.15) is 12.2 Å². The van der Waals surface area contributed by atoms with Gasteiger partial charge in [-0.1, -0.05) is 0 Å². The first-order valence-corrected chi connectivity index (χ1v) is 2.24. The molecule has 0 saturated carbocycles. The molecule has 2 unspecified atom stereocenters. The van der Waals surface area contributed by atoms with E-state index in [4.69, 9.17) is 10.2 Å². The maximum atomic E-state index is 9.63. The Kier molecular flexibility index (Phi) is 56.4. The molecule has 0 amide bonds. The Morgan fingerprint density at radius 3 is 1.00 bits per heavy atom. The Hall–Kier alpha value is -0.340. The minimum atomic E-state index is -2.44. The fraction of sp³-hybridized carbons (Fsp3) is 0.500. The second-order valence-corrected chi connectivity index (χ2v) is 1.53. The van der Waals surface area contributed by atoms with Crippen molar-refractivity contribution in [3.05, 3.63) is 0 Å². The van der Waals surface area contributed by atoms with Gasteiger partial charge in [-0.15, -0.1) is 0 Å². The molecule has 0 aliphatic heterocycles. The number of aliphatic carboxylic acids is 2. The van der Waals surface area contributed by atoms with Gasteiger partial charge >= 0.3 is 29.6 Å². The van der Waals surface area contributed by atoms with Crippen LogP contribution in [0.15, 0.2) is 0 Å². The summed E-state index contributed by atoms with van der Waals surface area (Å²) in [6.07, 6.45) is -4.88. The standard InChI is InChI=1S/C4H6O6.H3N.Na.4H2O/c5-1(3(7)8)2(6)4(9)10;;;;;;/h1-2,5-6H,(H,7,8)(H,9,10);1H3;;4*1H2/q;;+1;;;;/p-1. The average Bonchev–Trinajstić information content (AvgIpc) is 1.84. The van der Waals surface area contributed by atoms with Gasteiger partial charge in [0.2, 0.25) is 0 Å². The zero-order chi connectivity index (χ0) is 8.31. The minimum absolute atomic E-state index is 0. The van der Waals surface area contributed by atoms with Crippen LogP contribution in [0.2, 0.25) is 0 Å². The number of carboxylic acid groups (broad SMARTS) is 2. The van der Waals surface area contributed by atoms with Crippen molar-refractivity contribution in [3.8, 4) is 0 Å². The van der Waals surface area contributed by atoms with Crippen LogP contribution in [0.5, 0.6) is 0 Å². The topological polar surface area (TPSA) is 283 Å². The number of aliphatic hydroxyl groups excluding tert-OH is 2. The molecular formula is C4H16NNaO10. The third-order valence-electron chi connectivity index (χ3n) is 0.782. The Morgan fingerprint density at radius 2 is 0.938 bits per heavy atom. The molecule has 0 saturated heterocycles. The number of rotatable bonds is 3. The molecule has 0 aromatic heterocycles. The Balaban J connectivity index is -0.0000000270. The van der Waals surface area contributed by atoms with Gasteiger partial charge in [0.25, 0.3) is 0 Å². The van der Waals surface area contributed by atoms with Gasteiger partial charge in [0.15, 0.2) is 0 Å². The molecule has 0 aliphatic carbocycles. The van der Waals surface area contributed by atoms with Gasteiger partial charge in [-0.05, 0) is 0 Å². The molecular weight excluding hydrogens is 245 g/mol. The van der Waals surface area contributed by atoms with Crippen LogP contribution in [0, 0.1) is 0 Å². The van der Waals surface area contributed by atoms with Crippen molar-refractivity contribution < 1.29 is 81.5 Å². The molecule has 0 bridgehead atoms. The number of carbonyl (C=O) groups excluding carboxylic acids is 2. The number of hydrogen-bond acceptors (Lipinski definition) is 6. The van der Waals surface area contributed by atoms with Crippen molar-refractivity contribution in [2.75, 3.05) is 0 Å². The maximum absolute atomic E-state index is 9.63. The zero-order valence-corrected chi connectivity index (χ0v) is 10.7. The molecule has 0 aliphatic rings. The van der Waals surface area contributed by atoms with E-state index in [1.165, 1.54) is 0 Å². The van der Waals surface area contributed by atoms with E-state index in [0.717, 1.165) is 0 Å². The van der Waals surface area contributed by atoms with Crippen molar-refractivity contribution in [1.82, 2.24) is 6.15 Å². The van der Waals surface area contributed by atoms with Crippen LogP contribution in [-0.2, 0) is 9.59 Å². The number of aliphatic hydroxyl groups is 2. The van der Waals surface area contributed by atoms with E-state index in [9.17, 15) is 19.8 Å². The first-order valence-electron chi connectivity index (χ1n) is 2.24. The molecule has 0 fully saturated rings. The Labute approximate surface area is 112 Å². The maximum Gasteiger partial charge on any atom is 1.00 e. The molecule has 0 aromatic carbocycles. The van der Waals surface area contributed by atoms with E-state index in [2.05, 4.69) is 0 Å². The summed E-state index contributed by atoms with van der Waals surface area (Å²) in [4.78, 5) is 19.3. The minimum Gasteiger partial charge on any atom is -0.547 e. The summed E-state index contributed by atoms with van der Waals surface area (Å²) >= 11 is 0. The second kappa shape index (κ2) is 20.1. The summed E-state index contributed by atoms with van der Waals surface area (Å²) < 4.78 is 0. The van der Waals surface area contributed by atoms with Crippen LogP contribution in [-0.4, -0.2) is 56.3 Å². The van der Waals surface area contributed by atoms with Gasteiger partial charge in [-0.2, -0.15) is 0 Å². The Bertz CT molecular complexity index is 147. The van der Waals surface area contributed by atoms with Crippen LogP contribution in [0.25, 0.3) is 0 Å². The van der Waals surface area contributed by atoms with Crippen LogP contribution in [0.3, 0.4) is 0 Å². The molecule has 16 heavy (non-hydrogen) atoms. The van der Waals surface area contributed by atoms with Gasteiger partial charge in [0.05, 0.1) is 11.9 Å². The summed E-state index contributed by atoms with van der Waals surface area (Å²) in [5.41, 5.74) is 0. The summed E-state index contributed by atoms with van der Waals surface area (Å²) in [7, 11) is 0. The first kappa shape index (κ1) is 44.9. The summed E-state index contributed by atoms with van der Waals surface area (Å²) in [6, 6.07) is 0. The SMILES string of the molecule is O.O.O.O.O=C([O-])C(O)C(O)C(=O)[O-].[NH4+].[Na+].